The van der Waals surface area contributed by atoms with Crippen molar-refractivity contribution in [2.45, 2.75) is 0 Å². The molecule has 0 atom stereocenters. The van der Waals surface area contributed by atoms with Crippen molar-refractivity contribution < 1.29 is 9.59 Å². The quantitative estimate of drug-likeness (QED) is 0.652. The van der Waals surface area contributed by atoms with E-state index >= 15 is 0 Å². The number of pyridine rings is 1. The number of carbonyl (C=O) groups excluding carboxylic acids is 2. The Morgan fingerprint density at radius 2 is 1.89 bits per heavy atom. The summed E-state index contributed by atoms with van der Waals surface area (Å²) in [4.78, 5) is 28.2. The minimum atomic E-state index is -0.367. The summed E-state index contributed by atoms with van der Waals surface area (Å²) in [6.07, 6.45) is 1.31. The van der Waals surface area contributed by atoms with Crippen LogP contribution in [0.1, 0.15) is 10.4 Å². The number of nitrogens with one attached hydrogen (secondary N) is 2. The molecular formula is C11H14Cl2N4O2. The molecule has 0 radical (unpaired) electrons. The molecule has 0 spiro atoms. The standard InChI is InChI=1S/C11H14Cl2N4O2/c1-17(2)11(19)15-4-3-14-10(18)7-5-9(13)16-6-8(7)12/h5-6H,3-4H2,1-2H3,(H,14,18)(H,15,19). The van der Waals surface area contributed by atoms with Gasteiger partial charge in [-0.2, -0.15) is 0 Å². The second-order valence-electron chi connectivity index (χ2n) is 3.87. The largest absolute Gasteiger partial charge is 0.350 e. The van der Waals surface area contributed by atoms with Gasteiger partial charge in [-0.3, -0.25) is 4.79 Å². The van der Waals surface area contributed by atoms with E-state index in [2.05, 4.69) is 15.6 Å². The van der Waals surface area contributed by atoms with Gasteiger partial charge in [0, 0.05) is 33.4 Å². The van der Waals surface area contributed by atoms with Crippen molar-refractivity contribution in [1.82, 2.24) is 20.5 Å². The Bertz CT molecular complexity index is 480. The maximum Gasteiger partial charge on any atom is 0.316 e. The molecule has 1 heterocycles. The monoisotopic (exact) mass is 304 g/mol. The Hall–Kier alpha value is -1.53. The molecule has 0 aliphatic heterocycles. The van der Waals surface area contributed by atoms with Gasteiger partial charge in [0.15, 0.2) is 0 Å². The zero-order valence-corrected chi connectivity index (χ0v) is 12.0. The molecular weight excluding hydrogens is 291 g/mol. The summed E-state index contributed by atoms with van der Waals surface area (Å²) in [5.41, 5.74) is 0.251. The zero-order valence-electron chi connectivity index (χ0n) is 10.5. The third-order valence-corrected chi connectivity index (χ3v) is 2.67. The van der Waals surface area contributed by atoms with Crippen LogP contribution in [0, 0.1) is 0 Å². The summed E-state index contributed by atoms with van der Waals surface area (Å²) < 4.78 is 0. The Balaban J connectivity index is 2.44. The Labute approximate surface area is 121 Å². The van der Waals surface area contributed by atoms with Gasteiger partial charge in [-0.1, -0.05) is 23.2 Å². The number of amides is 3. The molecule has 1 rings (SSSR count). The highest BCUT2D eigenvalue weighted by molar-refractivity contribution is 6.35. The summed E-state index contributed by atoms with van der Waals surface area (Å²) >= 11 is 11.5. The van der Waals surface area contributed by atoms with Crippen LogP contribution in [0.25, 0.3) is 0 Å². The van der Waals surface area contributed by atoms with Crippen LogP contribution in [-0.2, 0) is 0 Å². The van der Waals surface area contributed by atoms with Crippen molar-refractivity contribution in [2.24, 2.45) is 0 Å². The number of halogens is 2. The fourth-order valence-electron chi connectivity index (χ4n) is 1.19. The first-order chi connectivity index (χ1) is 8.91. The highest BCUT2D eigenvalue weighted by atomic mass is 35.5. The van der Waals surface area contributed by atoms with E-state index in [0.717, 1.165) is 0 Å². The second kappa shape index (κ2) is 7.16. The normalized spacial score (nSPS) is 9.89. The molecule has 0 saturated carbocycles. The lowest BCUT2D eigenvalue weighted by atomic mass is 10.2. The molecule has 0 aliphatic carbocycles. The molecule has 0 fully saturated rings. The van der Waals surface area contributed by atoms with Crippen molar-refractivity contribution >= 4 is 35.1 Å². The number of urea groups is 1. The molecule has 1 aromatic rings. The van der Waals surface area contributed by atoms with Crippen LogP contribution in [0.3, 0.4) is 0 Å². The van der Waals surface area contributed by atoms with Crippen LogP contribution in [0.4, 0.5) is 4.79 Å². The van der Waals surface area contributed by atoms with E-state index in [-0.39, 0.29) is 34.2 Å². The molecule has 1 aromatic heterocycles. The first kappa shape index (κ1) is 15.5. The summed E-state index contributed by atoms with van der Waals surface area (Å²) in [5, 5.41) is 5.65. The predicted molar refractivity (Wildman–Crippen MR) is 73.7 cm³/mol. The van der Waals surface area contributed by atoms with Crippen LogP contribution in [0.2, 0.25) is 10.2 Å². The number of hydrogen-bond donors (Lipinski definition) is 2. The average Bonchev–Trinajstić information content (AvgIpc) is 2.36. The minimum Gasteiger partial charge on any atom is -0.350 e. The second-order valence-corrected chi connectivity index (χ2v) is 4.66. The van der Waals surface area contributed by atoms with Gasteiger partial charge in [0.2, 0.25) is 0 Å². The SMILES string of the molecule is CN(C)C(=O)NCCNC(=O)c1cc(Cl)ncc1Cl. The van der Waals surface area contributed by atoms with E-state index in [1.54, 1.807) is 14.1 Å². The summed E-state index contributed by atoms with van der Waals surface area (Å²) in [5.74, 6) is -0.367. The molecule has 19 heavy (non-hydrogen) atoms. The van der Waals surface area contributed by atoms with Gasteiger partial charge in [-0.15, -0.1) is 0 Å². The van der Waals surface area contributed by atoms with Gasteiger partial charge >= 0.3 is 6.03 Å². The van der Waals surface area contributed by atoms with Gasteiger partial charge < -0.3 is 15.5 Å². The fraction of sp³-hybridized carbons (Fsp3) is 0.364. The Morgan fingerprint density at radius 1 is 1.26 bits per heavy atom. The molecule has 0 unspecified atom stereocenters. The van der Waals surface area contributed by atoms with E-state index in [1.165, 1.54) is 17.2 Å². The fourth-order valence-corrected chi connectivity index (χ4v) is 1.53. The van der Waals surface area contributed by atoms with Crippen molar-refractivity contribution in [3.8, 4) is 0 Å². The molecule has 3 amide bonds. The van der Waals surface area contributed by atoms with E-state index in [0.29, 0.717) is 6.54 Å². The van der Waals surface area contributed by atoms with Gasteiger partial charge in [0.1, 0.15) is 5.15 Å². The number of carbonyl (C=O) groups is 2. The molecule has 0 aliphatic rings. The Morgan fingerprint density at radius 3 is 2.53 bits per heavy atom. The van der Waals surface area contributed by atoms with Gasteiger partial charge in [-0.05, 0) is 6.07 Å². The topological polar surface area (TPSA) is 74.3 Å². The van der Waals surface area contributed by atoms with E-state index < -0.39 is 0 Å². The van der Waals surface area contributed by atoms with Crippen LogP contribution in [0.5, 0.6) is 0 Å². The summed E-state index contributed by atoms with van der Waals surface area (Å²) in [6, 6.07) is 1.16. The molecule has 6 nitrogen and oxygen atoms in total. The van der Waals surface area contributed by atoms with Crippen molar-refractivity contribution in [3.05, 3.63) is 28.0 Å². The Kier molecular flexibility index (Phi) is 5.85. The molecule has 0 aromatic carbocycles. The highest BCUT2D eigenvalue weighted by Crippen LogP contribution is 2.17. The van der Waals surface area contributed by atoms with E-state index in [1.807, 2.05) is 0 Å². The van der Waals surface area contributed by atoms with Crippen LogP contribution in [-0.4, -0.2) is 49.0 Å². The van der Waals surface area contributed by atoms with E-state index in [4.69, 9.17) is 23.2 Å². The lowest BCUT2D eigenvalue weighted by molar-refractivity contribution is 0.0953. The summed E-state index contributed by atoms with van der Waals surface area (Å²) in [7, 11) is 3.26. The molecule has 0 saturated heterocycles. The maximum atomic E-state index is 11.8. The van der Waals surface area contributed by atoms with Gasteiger partial charge in [0.25, 0.3) is 5.91 Å². The third-order valence-electron chi connectivity index (χ3n) is 2.16. The number of hydrogen-bond acceptors (Lipinski definition) is 3. The van der Waals surface area contributed by atoms with Gasteiger partial charge in [0.05, 0.1) is 10.6 Å². The lowest BCUT2D eigenvalue weighted by Crippen LogP contribution is -2.39. The summed E-state index contributed by atoms with van der Waals surface area (Å²) in [6.45, 7) is 0.605. The lowest BCUT2D eigenvalue weighted by Gasteiger charge is -2.12. The molecule has 0 bridgehead atoms. The van der Waals surface area contributed by atoms with Crippen LogP contribution >= 0.6 is 23.2 Å². The number of nitrogens with zero attached hydrogens (tertiary/aromatic N) is 2. The first-order valence-corrected chi connectivity index (χ1v) is 6.22. The number of aromatic nitrogens is 1. The molecule has 8 heteroatoms. The predicted octanol–water partition coefficient (Wildman–Crippen LogP) is 1.39. The van der Waals surface area contributed by atoms with Gasteiger partial charge in [-0.25, -0.2) is 9.78 Å². The van der Waals surface area contributed by atoms with Crippen molar-refractivity contribution in [1.29, 1.82) is 0 Å². The zero-order chi connectivity index (χ0) is 14.4. The third kappa shape index (κ3) is 4.92. The van der Waals surface area contributed by atoms with Crippen molar-refractivity contribution in [3.63, 3.8) is 0 Å². The maximum absolute atomic E-state index is 11.8. The molecule has 104 valence electrons. The van der Waals surface area contributed by atoms with Crippen LogP contribution < -0.4 is 10.6 Å². The first-order valence-electron chi connectivity index (χ1n) is 5.46. The number of rotatable bonds is 4. The van der Waals surface area contributed by atoms with Crippen molar-refractivity contribution in [2.75, 3.05) is 27.2 Å². The smallest absolute Gasteiger partial charge is 0.316 e. The van der Waals surface area contributed by atoms with Crippen LogP contribution in [0.15, 0.2) is 12.3 Å². The van der Waals surface area contributed by atoms with E-state index in [9.17, 15) is 9.59 Å². The highest BCUT2D eigenvalue weighted by Gasteiger charge is 2.11. The average molecular weight is 305 g/mol. The molecule has 2 N–H and O–H groups in total. The minimum absolute atomic E-state index is 0.190.